The van der Waals surface area contributed by atoms with Crippen molar-refractivity contribution in [3.63, 3.8) is 0 Å². The van der Waals surface area contributed by atoms with Gasteiger partial charge in [0.1, 0.15) is 17.4 Å². The van der Waals surface area contributed by atoms with E-state index in [4.69, 9.17) is 4.74 Å². The Kier molecular flexibility index (Phi) is 5.76. The first-order chi connectivity index (χ1) is 10.1. The van der Waals surface area contributed by atoms with Gasteiger partial charge in [0.25, 0.3) is 0 Å². The molecule has 1 heterocycles. The maximum absolute atomic E-state index is 5.80. The summed E-state index contributed by atoms with van der Waals surface area (Å²) in [5.74, 6) is 0.908. The van der Waals surface area contributed by atoms with Crippen LogP contribution in [0, 0.1) is 13.8 Å². The number of aryl methyl sites for hydroxylation is 3. The highest BCUT2D eigenvalue weighted by molar-refractivity contribution is 7.11. The van der Waals surface area contributed by atoms with E-state index in [1.54, 1.807) is 11.3 Å². The molecular formula is C17H24N2OS. The molecule has 0 bridgehead atoms. The van der Waals surface area contributed by atoms with Gasteiger partial charge in [-0.15, -0.1) is 11.3 Å². The Balaban J connectivity index is 1.84. The van der Waals surface area contributed by atoms with Crippen LogP contribution in [0.1, 0.15) is 34.5 Å². The first kappa shape index (κ1) is 16.0. The number of thiazole rings is 1. The Morgan fingerprint density at radius 2 is 1.95 bits per heavy atom. The van der Waals surface area contributed by atoms with Crippen LogP contribution < -0.4 is 10.1 Å². The van der Waals surface area contributed by atoms with Crippen molar-refractivity contribution in [2.45, 2.75) is 46.3 Å². The van der Waals surface area contributed by atoms with Gasteiger partial charge in [-0.1, -0.05) is 12.1 Å². The van der Waals surface area contributed by atoms with Gasteiger partial charge in [0.2, 0.25) is 0 Å². The van der Waals surface area contributed by atoms with Gasteiger partial charge >= 0.3 is 0 Å². The number of ether oxygens (including phenoxy) is 1. The summed E-state index contributed by atoms with van der Waals surface area (Å²) in [6, 6.07) is 8.95. The molecule has 0 saturated heterocycles. The predicted molar refractivity (Wildman–Crippen MR) is 89.2 cm³/mol. The molecule has 0 fully saturated rings. The van der Waals surface area contributed by atoms with E-state index in [0.29, 0.717) is 12.6 Å². The SMILES string of the molecule is CNC(C)CCc1ccc(OCc2nc(C)c(C)s2)cc1. The second-order valence-electron chi connectivity index (χ2n) is 5.41. The van der Waals surface area contributed by atoms with Crippen molar-refractivity contribution in [1.29, 1.82) is 0 Å². The van der Waals surface area contributed by atoms with E-state index in [0.717, 1.165) is 29.3 Å². The highest BCUT2D eigenvalue weighted by Crippen LogP contribution is 2.20. The Labute approximate surface area is 131 Å². The summed E-state index contributed by atoms with van der Waals surface area (Å²) < 4.78 is 5.80. The Morgan fingerprint density at radius 1 is 1.24 bits per heavy atom. The molecule has 21 heavy (non-hydrogen) atoms. The fraction of sp³-hybridized carbons (Fsp3) is 0.471. The normalized spacial score (nSPS) is 12.4. The first-order valence-electron chi connectivity index (χ1n) is 7.40. The lowest BCUT2D eigenvalue weighted by Crippen LogP contribution is -2.21. The summed E-state index contributed by atoms with van der Waals surface area (Å²) in [6.07, 6.45) is 2.24. The minimum absolute atomic E-state index is 0.551. The fourth-order valence-electron chi connectivity index (χ4n) is 2.03. The topological polar surface area (TPSA) is 34.1 Å². The third-order valence-electron chi connectivity index (χ3n) is 3.72. The van der Waals surface area contributed by atoms with Crippen molar-refractivity contribution in [2.24, 2.45) is 0 Å². The fourth-order valence-corrected chi connectivity index (χ4v) is 2.87. The molecule has 0 radical (unpaired) electrons. The summed E-state index contributed by atoms with van der Waals surface area (Å²) in [4.78, 5) is 5.75. The van der Waals surface area contributed by atoms with Gasteiger partial charge in [-0.25, -0.2) is 4.98 Å². The number of benzene rings is 1. The van der Waals surface area contributed by atoms with Crippen molar-refractivity contribution in [3.05, 3.63) is 45.4 Å². The molecule has 0 spiro atoms. The van der Waals surface area contributed by atoms with E-state index in [-0.39, 0.29) is 0 Å². The Hall–Kier alpha value is -1.39. The number of hydrogen-bond acceptors (Lipinski definition) is 4. The van der Waals surface area contributed by atoms with Gasteiger partial charge in [-0.05, 0) is 58.4 Å². The van der Waals surface area contributed by atoms with E-state index in [1.165, 1.54) is 10.4 Å². The smallest absolute Gasteiger partial charge is 0.140 e. The molecule has 3 nitrogen and oxygen atoms in total. The number of rotatable bonds is 7. The van der Waals surface area contributed by atoms with Gasteiger partial charge in [0, 0.05) is 10.9 Å². The second kappa shape index (κ2) is 7.57. The van der Waals surface area contributed by atoms with Gasteiger partial charge in [-0.2, -0.15) is 0 Å². The number of nitrogens with zero attached hydrogens (tertiary/aromatic N) is 1. The third-order valence-corrected chi connectivity index (χ3v) is 4.76. The number of hydrogen-bond donors (Lipinski definition) is 1. The molecule has 0 aliphatic rings. The van der Waals surface area contributed by atoms with Crippen LogP contribution >= 0.6 is 11.3 Å². The molecule has 0 aliphatic heterocycles. The summed E-state index contributed by atoms with van der Waals surface area (Å²) in [6.45, 7) is 6.89. The minimum Gasteiger partial charge on any atom is -0.486 e. The molecule has 114 valence electrons. The molecule has 1 atom stereocenters. The molecule has 0 amide bonds. The van der Waals surface area contributed by atoms with Crippen molar-refractivity contribution >= 4 is 11.3 Å². The van der Waals surface area contributed by atoms with Crippen LogP contribution in [0.2, 0.25) is 0 Å². The lowest BCUT2D eigenvalue weighted by Gasteiger charge is -2.10. The average molecular weight is 304 g/mol. The first-order valence-corrected chi connectivity index (χ1v) is 8.22. The lowest BCUT2D eigenvalue weighted by atomic mass is 10.1. The number of aromatic nitrogens is 1. The van der Waals surface area contributed by atoms with E-state index in [2.05, 4.69) is 36.3 Å². The van der Waals surface area contributed by atoms with E-state index >= 15 is 0 Å². The Bertz CT molecular complexity index is 543. The molecule has 1 aromatic heterocycles. The summed E-state index contributed by atoms with van der Waals surface area (Å²) in [7, 11) is 2.00. The number of nitrogens with one attached hydrogen (secondary N) is 1. The lowest BCUT2D eigenvalue weighted by molar-refractivity contribution is 0.305. The second-order valence-corrected chi connectivity index (χ2v) is 6.70. The molecule has 1 unspecified atom stereocenters. The van der Waals surface area contributed by atoms with Crippen LogP contribution in [-0.4, -0.2) is 18.1 Å². The van der Waals surface area contributed by atoms with Gasteiger partial charge in [0.05, 0.1) is 5.69 Å². The third kappa shape index (κ3) is 4.83. The van der Waals surface area contributed by atoms with Crippen molar-refractivity contribution < 1.29 is 4.74 Å². The van der Waals surface area contributed by atoms with Crippen molar-refractivity contribution in [1.82, 2.24) is 10.3 Å². The standard InChI is InChI=1S/C17H24N2OS/c1-12(18-4)5-6-15-7-9-16(10-8-15)20-11-17-19-13(2)14(3)21-17/h7-10,12,18H,5-6,11H2,1-4H3. The van der Waals surface area contributed by atoms with Gasteiger partial charge in [0.15, 0.2) is 0 Å². The highest BCUT2D eigenvalue weighted by Gasteiger charge is 2.05. The maximum Gasteiger partial charge on any atom is 0.140 e. The van der Waals surface area contributed by atoms with Crippen LogP contribution in [-0.2, 0) is 13.0 Å². The van der Waals surface area contributed by atoms with E-state index in [9.17, 15) is 0 Å². The molecule has 1 N–H and O–H groups in total. The van der Waals surface area contributed by atoms with Crippen LogP contribution in [0.5, 0.6) is 5.75 Å². The zero-order valence-electron chi connectivity index (χ0n) is 13.3. The molecule has 0 saturated carbocycles. The summed E-state index contributed by atoms with van der Waals surface area (Å²) >= 11 is 1.71. The predicted octanol–water partition coefficient (Wildman–Crippen LogP) is 3.88. The maximum atomic E-state index is 5.80. The zero-order chi connectivity index (χ0) is 15.2. The zero-order valence-corrected chi connectivity index (χ0v) is 14.1. The Morgan fingerprint density at radius 3 is 2.52 bits per heavy atom. The largest absolute Gasteiger partial charge is 0.486 e. The van der Waals surface area contributed by atoms with Crippen LogP contribution in [0.25, 0.3) is 0 Å². The molecule has 0 aliphatic carbocycles. The molecule has 1 aromatic carbocycles. The quantitative estimate of drug-likeness (QED) is 0.843. The summed E-state index contributed by atoms with van der Waals surface area (Å²) in [5.41, 5.74) is 2.46. The van der Waals surface area contributed by atoms with Crippen molar-refractivity contribution in [3.8, 4) is 5.75 Å². The van der Waals surface area contributed by atoms with Crippen LogP contribution in [0.15, 0.2) is 24.3 Å². The monoisotopic (exact) mass is 304 g/mol. The minimum atomic E-state index is 0.551. The molecular weight excluding hydrogens is 280 g/mol. The molecule has 2 rings (SSSR count). The molecule has 4 heteroatoms. The van der Waals surface area contributed by atoms with Gasteiger partial charge in [-0.3, -0.25) is 0 Å². The van der Waals surface area contributed by atoms with E-state index < -0.39 is 0 Å². The van der Waals surface area contributed by atoms with Crippen LogP contribution in [0.4, 0.5) is 0 Å². The van der Waals surface area contributed by atoms with Crippen LogP contribution in [0.3, 0.4) is 0 Å². The molecule has 2 aromatic rings. The summed E-state index contributed by atoms with van der Waals surface area (Å²) in [5, 5.41) is 4.30. The van der Waals surface area contributed by atoms with Gasteiger partial charge < -0.3 is 10.1 Å². The average Bonchev–Trinajstić information content (AvgIpc) is 2.82. The van der Waals surface area contributed by atoms with Crippen molar-refractivity contribution in [2.75, 3.05) is 7.05 Å². The highest BCUT2D eigenvalue weighted by atomic mass is 32.1. The van der Waals surface area contributed by atoms with E-state index in [1.807, 2.05) is 26.1 Å².